The number of carboxylic acids is 1. The molecule has 6 heteroatoms. The normalized spacial score (nSPS) is 14.8. The average Bonchev–Trinajstić information content (AvgIpc) is 2.73. The van der Waals surface area contributed by atoms with Crippen LogP contribution in [0.4, 0.5) is 5.82 Å². The molecular weight excluding hydrogens is 246 g/mol. The molecule has 2 rings (SSSR count). The number of primary amides is 1. The van der Waals surface area contributed by atoms with Crippen LogP contribution in [-0.4, -0.2) is 28.0 Å². The molecule has 1 atom stereocenters. The standard InChI is InChI=1S/C13H17N3O3/c1-7(5-11(17)18)15-13-9(12(14)19)6-8-3-2-4-10(8)16-13/h6-7H,2-5H2,1H3,(H2,14,19)(H,15,16)(H,17,18). The monoisotopic (exact) mass is 263 g/mol. The Labute approximate surface area is 111 Å². The van der Waals surface area contributed by atoms with E-state index in [1.165, 1.54) is 0 Å². The van der Waals surface area contributed by atoms with Crippen molar-refractivity contribution in [1.82, 2.24) is 4.98 Å². The summed E-state index contributed by atoms with van der Waals surface area (Å²) in [7, 11) is 0. The van der Waals surface area contributed by atoms with Crippen molar-refractivity contribution in [1.29, 1.82) is 0 Å². The predicted octanol–water partition coefficient (Wildman–Crippen LogP) is 0.944. The van der Waals surface area contributed by atoms with Gasteiger partial charge in [-0.3, -0.25) is 9.59 Å². The number of fused-ring (bicyclic) bond motifs is 1. The molecule has 0 bridgehead atoms. The second-order valence-corrected chi connectivity index (χ2v) is 4.85. The SMILES string of the molecule is CC(CC(=O)O)Nc1nc2c(cc1C(N)=O)CCC2. The Bertz CT molecular complexity index is 528. The van der Waals surface area contributed by atoms with Gasteiger partial charge in [0.05, 0.1) is 12.0 Å². The minimum absolute atomic E-state index is 0.0447. The number of hydrogen-bond acceptors (Lipinski definition) is 4. The Morgan fingerprint density at radius 3 is 2.89 bits per heavy atom. The number of nitrogens with two attached hydrogens (primary N) is 1. The van der Waals surface area contributed by atoms with E-state index in [0.29, 0.717) is 11.4 Å². The number of carbonyl (C=O) groups excluding carboxylic acids is 1. The molecular formula is C13H17N3O3. The molecule has 0 radical (unpaired) electrons. The van der Waals surface area contributed by atoms with Crippen molar-refractivity contribution < 1.29 is 14.7 Å². The summed E-state index contributed by atoms with van der Waals surface area (Å²) in [5, 5.41) is 11.7. The van der Waals surface area contributed by atoms with Crippen LogP contribution in [0.1, 0.15) is 41.4 Å². The van der Waals surface area contributed by atoms with Gasteiger partial charge in [-0.1, -0.05) is 0 Å². The second kappa shape index (κ2) is 5.26. The molecule has 6 nitrogen and oxygen atoms in total. The molecule has 1 aromatic heterocycles. The first-order chi connectivity index (χ1) is 8.97. The number of pyridine rings is 1. The molecule has 1 amide bonds. The van der Waals surface area contributed by atoms with Crippen molar-refractivity contribution in [2.45, 2.75) is 38.6 Å². The molecule has 0 aliphatic heterocycles. The third-order valence-corrected chi connectivity index (χ3v) is 3.18. The van der Waals surface area contributed by atoms with Gasteiger partial charge in [0.25, 0.3) is 5.91 Å². The fraction of sp³-hybridized carbons (Fsp3) is 0.462. The summed E-state index contributed by atoms with van der Waals surface area (Å²) < 4.78 is 0. The summed E-state index contributed by atoms with van der Waals surface area (Å²) >= 11 is 0. The third-order valence-electron chi connectivity index (χ3n) is 3.18. The van der Waals surface area contributed by atoms with Crippen LogP contribution in [0.3, 0.4) is 0 Å². The first-order valence-corrected chi connectivity index (χ1v) is 6.28. The fourth-order valence-electron chi connectivity index (χ4n) is 2.32. The van der Waals surface area contributed by atoms with E-state index in [9.17, 15) is 9.59 Å². The van der Waals surface area contributed by atoms with Crippen LogP contribution in [0.5, 0.6) is 0 Å². The Hall–Kier alpha value is -2.11. The van der Waals surface area contributed by atoms with Gasteiger partial charge in [0.15, 0.2) is 0 Å². The van der Waals surface area contributed by atoms with E-state index in [1.54, 1.807) is 13.0 Å². The van der Waals surface area contributed by atoms with E-state index < -0.39 is 11.9 Å². The number of amides is 1. The van der Waals surface area contributed by atoms with Crippen LogP contribution in [0.15, 0.2) is 6.07 Å². The number of carbonyl (C=O) groups is 2. The number of aliphatic carboxylic acids is 1. The lowest BCUT2D eigenvalue weighted by Gasteiger charge is -2.16. The van der Waals surface area contributed by atoms with E-state index >= 15 is 0 Å². The number of nitrogens with one attached hydrogen (secondary N) is 1. The highest BCUT2D eigenvalue weighted by molar-refractivity contribution is 5.98. The molecule has 0 saturated heterocycles. The van der Waals surface area contributed by atoms with E-state index in [4.69, 9.17) is 10.8 Å². The summed E-state index contributed by atoms with van der Waals surface area (Å²) in [4.78, 5) is 26.5. The predicted molar refractivity (Wildman–Crippen MR) is 70.1 cm³/mol. The number of nitrogens with zero attached hydrogens (tertiary/aromatic N) is 1. The zero-order chi connectivity index (χ0) is 14.0. The maximum atomic E-state index is 11.5. The van der Waals surface area contributed by atoms with E-state index in [-0.39, 0.29) is 12.5 Å². The Morgan fingerprint density at radius 1 is 1.53 bits per heavy atom. The van der Waals surface area contributed by atoms with E-state index in [2.05, 4.69) is 10.3 Å². The zero-order valence-corrected chi connectivity index (χ0v) is 10.8. The number of aromatic nitrogens is 1. The molecule has 1 aliphatic rings. The van der Waals surface area contributed by atoms with Crippen molar-refractivity contribution in [2.24, 2.45) is 5.73 Å². The second-order valence-electron chi connectivity index (χ2n) is 4.85. The van der Waals surface area contributed by atoms with Crippen LogP contribution in [-0.2, 0) is 17.6 Å². The third kappa shape index (κ3) is 3.01. The van der Waals surface area contributed by atoms with Gasteiger partial charge in [0.2, 0.25) is 0 Å². The number of carboxylic acid groups (broad SMARTS) is 1. The lowest BCUT2D eigenvalue weighted by molar-refractivity contribution is -0.137. The first kappa shape index (κ1) is 13.3. The largest absolute Gasteiger partial charge is 0.481 e. The van der Waals surface area contributed by atoms with Gasteiger partial charge in [-0.2, -0.15) is 0 Å². The first-order valence-electron chi connectivity index (χ1n) is 6.28. The van der Waals surface area contributed by atoms with Gasteiger partial charge in [-0.15, -0.1) is 0 Å². The van der Waals surface area contributed by atoms with Crippen molar-refractivity contribution >= 4 is 17.7 Å². The van der Waals surface area contributed by atoms with Crippen LogP contribution in [0.2, 0.25) is 0 Å². The number of hydrogen-bond donors (Lipinski definition) is 3. The molecule has 0 spiro atoms. The number of aryl methyl sites for hydroxylation is 2. The summed E-state index contributed by atoms with van der Waals surface area (Å²) in [6.45, 7) is 1.73. The summed E-state index contributed by atoms with van der Waals surface area (Å²) in [5.74, 6) is -1.06. The highest BCUT2D eigenvalue weighted by Crippen LogP contribution is 2.25. The Kier molecular flexibility index (Phi) is 3.69. The summed E-state index contributed by atoms with van der Waals surface area (Å²) in [6.07, 6.45) is 2.77. The van der Waals surface area contributed by atoms with Crippen molar-refractivity contribution in [3.8, 4) is 0 Å². The quantitative estimate of drug-likeness (QED) is 0.733. The maximum absolute atomic E-state index is 11.5. The highest BCUT2D eigenvalue weighted by atomic mass is 16.4. The zero-order valence-electron chi connectivity index (χ0n) is 10.8. The molecule has 1 unspecified atom stereocenters. The van der Waals surface area contributed by atoms with Crippen LogP contribution >= 0.6 is 0 Å². The molecule has 1 heterocycles. The molecule has 0 aromatic carbocycles. The van der Waals surface area contributed by atoms with Gasteiger partial charge >= 0.3 is 5.97 Å². The Morgan fingerprint density at radius 2 is 2.26 bits per heavy atom. The summed E-state index contributed by atoms with van der Waals surface area (Å²) in [5.41, 5.74) is 7.71. The van der Waals surface area contributed by atoms with Crippen molar-refractivity contribution in [2.75, 3.05) is 5.32 Å². The lowest BCUT2D eigenvalue weighted by atomic mass is 10.1. The van der Waals surface area contributed by atoms with E-state index in [0.717, 1.165) is 30.5 Å². The maximum Gasteiger partial charge on any atom is 0.305 e. The van der Waals surface area contributed by atoms with E-state index in [1.807, 2.05) is 0 Å². The van der Waals surface area contributed by atoms with Gasteiger partial charge in [0, 0.05) is 11.7 Å². The smallest absolute Gasteiger partial charge is 0.305 e. The molecule has 102 valence electrons. The summed E-state index contributed by atoms with van der Waals surface area (Å²) in [6, 6.07) is 1.45. The van der Waals surface area contributed by atoms with Crippen LogP contribution in [0.25, 0.3) is 0 Å². The van der Waals surface area contributed by atoms with Gasteiger partial charge in [0.1, 0.15) is 5.82 Å². The number of rotatable bonds is 5. The lowest BCUT2D eigenvalue weighted by Crippen LogP contribution is -2.23. The van der Waals surface area contributed by atoms with Crippen LogP contribution < -0.4 is 11.1 Å². The van der Waals surface area contributed by atoms with Crippen LogP contribution in [0, 0.1) is 0 Å². The number of anilines is 1. The van der Waals surface area contributed by atoms with Crippen molar-refractivity contribution in [3.05, 3.63) is 22.9 Å². The fourth-order valence-corrected chi connectivity index (χ4v) is 2.32. The minimum atomic E-state index is -0.901. The minimum Gasteiger partial charge on any atom is -0.481 e. The molecule has 19 heavy (non-hydrogen) atoms. The Balaban J connectivity index is 2.28. The topological polar surface area (TPSA) is 105 Å². The average molecular weight is 263 g/mol. The van der Waals surface area contributed by atoms with Gasteiger partial charge < -0.3 is 16.2 Å². The van der Waals surface area contributed by atoms with Gasteiger partial charge in [-0.05, 0) is 37.8 Å². The highest BCUT2D eigenvalue weighted by Gasteiger charge is 2.20. The van der Waals surface area contributed by atoms with Gasteiger partial charge in [-0.25, -0.2) is 4.98 Å². The molecule has 1 aromatic rings. The van der Waals surface area contributed by atoms with Crippen molar-refractivity contribution in [3.63, 3.8) is 0 Å². The molecule has 0 fully saturated rings. The molecule has 4 N–H and O–H groups in total. The molecule has 1 aliphatic carbocycles. The molecule has 0 saturated carbocycles.